The zero-order valence-corrected chi connectivity index (χ0v) is 12.9. The fourth-order valence-corrected chi connectivity index (χ4v) is 2.93. The van der Waals surface area contributed by atoms with Gasteiger partial charge in [0.05, 0.1) is 24.9 Å². The highest BCUT2D eigenvalue weighted by Gasteiger charge is 2.21. The van der Waals surface area contributed by atoms with Gasteiger partial charge in [-0.15, -0.1) is 11.3 Å². The Morgan fingerprint density at radius 3 is 2.65 bits per heavy atom. The molecule has 118 valence electrons. The molecule has 0 radical (unpaired) electrons. The molecule has 23 heavy (non-hydrogen) atoms. The predicted octanol–water partition coefficient (Wildman–Crippen LogP) is 4.46. The van der Waals surface area contributed by atoms with Crippen molar-refractivity contribution >= 4 is 17.2 Å². The first-order chi connectivity index (χ1) is 11.1. The number of nitrogens with zero attached hydrogens (tertiary/aromatic N) is 1. The Labute approximate surface area is 135 Å². The highest BCUT2D eigenvalue weighted by molar-refractivity contribution is 7.09. The van der Waals surface area contributed by atoms with Gasteiger partial charge in [-0.1, -0.05) is 6.07 Å². The van der Waals surface area contributed by atoms with Gasteiger partial charge in [0.1, 0.15) is 17.4 Å². The summed E-state index contributed by atoms with van der Waals surface area (Å²) in [5, 5.41) is 1.91. The molecule has 0 spiro atoms. The number of furan rings is 1. The quantitative estimate of drug-likeness (QED) is 0.690. The third-order valence-electron chi connectivity index (χ3n) is 3.30. The number of hydrogen-bond donors (Lipinski definition) is 0. The lowest BCUT2D eigenvalue weighted by molar-refractivity contribution is 0.0714. The van der Waals surface area contributed by atoms with E-state index in [0.717, 1.165) is 17.0 Å². The van der Waals surface area contributed by atoms with Crippen LogP contribution in [0.2, 0.25) is 0 Å². The minimum atomic E-state index is -0.870. The first-order valence-corrected chi connectivity index (χ1v) is 7.80. The van der Waals surface area contributed by atoms with Crippen LogP contribution < -0.4 is 0 Å². The van der Waals surface area contributed by atoms with Crippen LogP contribution in [0.4, 0.5) is 8.78 Å². The van der Waals surface area contributed by atoms with E-state index in [0.29, 0.717) is 18.4 Å². The Morgan fingerprint density at radius 2 is 2.00 bits per heavy atom. The minimum Gasteiger partial charge on any atom is -0.467 e. The van der Waals surface area contributed by atoms with Crippen LogP contribution in [-0.2, 0) is 13.1 Å². The van der Waals surface area contributed by atoms with E-state index >= 15 is 0 Å². The highest BCUT2D eigenvalue weighted by Crippen LogP contribution is 2.19. The predicted molar refractivity (Wildman–Crippen MR) is 83.0 cm³/mol. The zero-order chi connectivity index (χ0) is 16.2. The van der Waals surface area contributed by atoms with Gasteiger partial charge in [0.2, 0.25) is 0 Å². The average molecular weight is 333 g/mol. The van der Waals surface area contributed by atoms with E-state index in [1.807, 2.05) is 17.5 Å². The summed E-state index contributed by atoms with van der Waals surface area (Å²) >= 11 is 1.50. The molecule has 0 N–H and O–H groups in total. The number of benzene rings is 1. The van der Waals surface area contributed by atoms with Crippen LogP contribution >= 0.6 is 11.3 Å². The molecule has 0 saturated carbocycles. The maximum Gasteiger partial charge on any atom is 0.257 e. The number of rotatable bonds is 5. The van der Waals surface area contributed by atoms with Gasteiger partial charge in [-0.25, -0.2) is 8.78 Å². The van der Waals surface area contributed by atoms with E-state index < -0.39 is 17.5 Å². The molecule has 1 amide bonds. The van der Waals surface area contributed by atoms with Gasteiger partial charge in [0.15, 0.2) is 0 Å². The standard InChI is InChI=1S/C17H13F2NO2S/c18-12-5-6-15(16(19)9-12)17(21)20(10-13-3-1-7-22-13)11-14-4-2-8-23-14/h1-9H,10-11H2. The summed E-state index contributed by atoms with van der Waals surface area (Å²) in [6, 6.07) is 10.2. The summed E-state index contributed by atoms with van der Waals surface area (Å²) < 4.78 is 32.2. The van der Waals surface area contributed by atoms with Crippen LogP contribution in [0.3, 0.4) is 0 Å². The van der Waals surface area contributed by atoms with Gasteiger partial charge in [-0.2, -0.15) is 0 Å². The molecule has 0 aliphatic heterocycles. The number of thiophene rings is 1. The molecule has 0 aliphatic carbocycles. The molecule has 0 unspecified atom stereocenters. The third kappa shape index (κ3) is 3.65. The Hall–Kier alpha value is -2.47. The van der Waals surface area contributed by atoms with Crippen LogP contribution in [-0.4, -0.2) is 10.8 Å². The lowest BCUT2D eigenvalue weighted by atomic mass is 10.1. The maximum atomic E-state index is 13.9. The van der Waals surface area contributed by atoms with Gasteiger partial charge in [0.25, 0.3) is 5.91 Å². The van der Waals surface area contributed by atoms with Crippen molar-refractivity contribution in [1.82, 2.24) is 4.90 Å². The molecule has 3 aromatic rings. The van der Waals surface area contributed by atoms with Gasteiger partial charge >= 0.3 is 0 Å². The van der Waals surface area contributed by atoms with Crippen LogP contribution in [0, 0.1) is 11.6 Å². The van der Waals surface area contributed by atoms with Crippen LogP contribution in [0.25, 0.3) is 0 Å². The lowest BCUT2D eigenvalue weighted by Crippen LogP contribution is -2.30. The molecule has 0 saturated heterocycles. The second-order valence-electron chi connectivity index (χ2n) is 4.94. The number of carbonyl (C=O) groups excluding carboxylic acids is 1. The Balaban J connectivity index is 1.88. The SMILES string of the molecule is O=C(c1ccc(F)cc1F)N(Cc1ccco1)Cc1cccs1. The summed E-state index contributed by atoms with van der Waals surface area (Å²) in [5.74, 6) is -1.50. The summed E-state index contributed by atoms with van der Waals surface area (Å²) in [7, 11) is 0. The number of hydrogen-bond acceptors (Lipinski definition) is 3. The fourth-order valence-electron chi connectivity index (χ4n) is 2.21. The van der Waals surface area contributed by atoms with Crippen molar-refractivity contribution < 1.29 is 18.0 Å². The van der Waals surface area contributed by atoms with Crippen LogP contribution in [0.5, 0.6) is 0 Å². The van der Waals surface area contributed by atoms with Crippen LogP contribution in [0.1, 0.15) is 21.0 Å². The van der Waals surface area contributed by atoms with Gasteiger partial charge in [-0.3, -0.25) is 4.79 Å². The number of carbonyl (C=O) groups is 1. The molecule has 2 aromatic heterocycles. The van der Waals surface area contributed by atoms with Gasteiger partial charge < -0.3 is 9.32 Å². The smallest absolute Gasteiger partial charge is 0.257 e. The Bertz CT molecular complexity index is 749. The van der Waals surface area contributed by atoms with Crippen molar-refractivity contribution in [2.24, 2.45) is 0 Å². The highest BCUT2D eigenvalue weighted by atomic mass is 32.1. The van der Waals surface area contributed by atoms with Gasteiger partial charge in [0, 0.05) is 10.9 Å². The average Bonchev–Trinajstić information content (AvgIpc) is 3.19. The first-order valence-electron chi connectivity index (χ1n) is 6.92. The van der Waals surface area contributed by atoms with Crippen molar-refractivity contribution in [1.29, 1.82) is 0 Å². The van der Waals surface area contributed by atoms with E-state index in [1.54, 1.807) is 12.1 Å². The molecule has 0 atom stereocenters. The molecule has 2 heterocycles. The lowest BCUT2D eigenvalue weighted by Gasteiger charge is -2.21. The van der Waals surface area contributed by atoms with Crippen molar-refractivity contribution in [3.63, 3.8) is 0 Å². The molecule has 3 nitrogen and oxygen atoms in total. The van der Waals surface area contributed by atoms with Crippen molar-refractivity contribution in [2.75, 3.05) is 0 Å². The first kappa shape index (κ1) is 15.4. The summed E-state index contributed by atoms with van der Waals surface area (Å²) in [4.78, 5) is 15.1. The largest absolute Gasteiger partial charge is 0.467 e. The van der Waals surface area contributed by atoms with Crippen molar-refractivity contribution in [2.45, 2.75) is 13.1 Å². The monoisotopic (exact) mass is 333 g/mol. The third-order valence-corrected chi connectivity index (χ3v) is 4.16. The summed E-state index contributed by atoms with van der Waals surface area (Å²) in [6.45, 7) is 0.536. The summed E-state index contributed by atoms with van der Waals surface area (Å²) in [5.41, 5.74) is -0.158. The Morgan fingerprint density at radius 1 is 1.13 bits per heavy atom. The fraction of sp³-hybridized carbons (Fsp3) is 0.118. The van der Waals surface area contributed by atoms with E-state index in [4.69, 9.17) is 4.42 Å². The second-order valence-corrected chi connectivity index (χ2v) is 5.98. The minimum absolute atomic E-state index is 0.158. The molecule has 6 heteroatoms. The number of halogens is 2. The van der Waals surface area contributed by atoms with Crippen molar-refractivity contribution in [3.8, 4) is 0 Å². The molecule has 0 bridgehead atoms. The Kier molecular flexibility index (Phi) is 4.52. The molecule has 3 rings (SSSR count). The normalized spacial score (nSPS) is 10.7. The molecule has 0 aliphatic rings. The maximum absolute atomic E-state index is 13.9. The van der Waals surface area contributed by atoms with E-state index in [2.05, 4.69) is 0 Å². The molecule has 1 aromatic carbocycles. The van der Waals surface area contributed by atoms with E-state index in [-0.39, 0.29) is 12.1 Å². The molecular formula is C17H13F2NO2S. The topological polar surface area (TPSA) is 33.5 Å². The van der Waals surface area contributed by atoms with E-state index in [1.165, 1.54) is 22.5 Å². The number of amides is 1. The molecule has 0 fully saturated rings. The van der Waals surface area contributed by atoms with E-state index in [9.17, 15) is 13.6 Å². The second kappa shape index (κ2) is 6.75. The van der Waals surface area contributed by atoms with Gasteiger partial charge in [-0.05, 0) is 35.7 Å². The zero-order valence-electron chi connectivity index (χ0n) is 12.0. The summed E-state index contributed by atoms with van der Waals surface area (Å²) in [6.07, 6.45) is 1.52. The molecular weight excluding hydrogens is 320 g/mol. The van der Waals surface area contributed by atoms with Crippen molar-refractivity contribution in [3.05, 3.63) is 81.9 Å². The van der Waals surface area contributed by atoms with Crippen LogP contribution in [0.15, 0.2) is 58.5 Å².